The van der Waals surface area contributed by atoms with Crippen molar-refractivity contribution in [1.82, 2.24) is 0 Å². The highest BCUT2D eigenvalue weighted by molar-refractivity contribution is 6.73. The summed E-state index contributed by atoms with van der Waals surface area (Å²) in [7, 11) is -1.73. The zero-order valence-electron chi connectivity index (χ0n) is 17.4. The number of unbranched alkanes of at least 4 members (excludes halogenated alkanes) is 3. The lowest BCUT2D eigenvalue weighted by molar-refractivity contribution is -0.324. The lowest BCUT2D eigenvalue weighted by Gasteiger charge is -2.49. The molecule has 1 fully saturated rings. The van der Waals surface area contributed by atoms with Crippen LogP contribution in [0.1, 0.15) is 87.0 Å². The third kappa shape index (κ3) is 5.82. The molecule has 144 valence electrons. The van der Waals surface area contributed by atoms with Gasteiger partial charge in [-0.1, -0.05) is 60.3 Å². The second-order valence-electron chi connectivity index (χ2n) is 8.37. The van der Waals surface area contributed by atoms with Gasteiger partial charge in [0, 0.05) is 12.3 Å². The summed E-state index contributed by atoms with van der Waals surface area (Å²) < 4.78 is 12.2. The van der Waals surface area contributed by atoms with Crippen molar-refractivity contribution in [3.05, 3.63) is 0 Å². The Morgan fingerprint density at radius 3 is 2.12 bits per heavy atom. The maximum absolute atomic E-state index is 6.25. The largest absolute Gasteiger partial charge is 0.374 e. The van der Waals surface area contributed by atoms with Crippen LogP contribution in [-0.2, 0) is 14.2 Å². The molecule has 1 heterocycles. The second-order valence-corrected chi connectivity index (χ2v) is 13.0. The average Bonchev–Trinajstić information content (AvgIpc) is 2.59. The zero-order valence-corrected chi connectivity index (χ0v) is 18.4. The first-order chi connectivity index (χ1) is 11.3. The van der Waals surface area contributed by atoms with Crippen LogP contribution in [0, 0.1) is 5.92 Å². The quantitative estimate of drug-likeness (QED) is 0.163. The van der Waals surface area contributed by atoms with Crippen molar-refractivity contribution >= 4 is 8.32 Å². The molecule has 3 atom stereocenters. The molecule has 0 aromatic heterocycles. The van der Waals surface area contributed by atoms with Crippen LogP contribution in [0.4, 0.5) is 0 Å². The number of hydrogen-bond acceptors (Lipinski definition) is 3. The Morgan fingerprint density at radius 1 is 1.08 bits per heavy atom. The minimum absolute atomic E-state index is 0.0578. The topological polar surface area (TPSA) is 27.7 Å². The molecular weight excluding hydrogens is 316 g/mol. The van der Waals surface area contributed by atoms with E-state index in [0.29, 0.717) is 5.92 Å². The van der Waals surface area contributed by atoms with Crippen molar-refractivity contribution in [2.24, 2.45) is 5.92 Å². The van der Waals surface area contributed by atoms with Crippen LogP contribution in [0.25, 0.3) is 0 Å². The Hall–Kier alpha value is 0.0969. The maximum atomic E-state index is 6.25. The Bertz CT molecular complexity index is 351. The third-order valence-corrected chi connectivity index (χ3v) is 10.6. The van der Waals surface area contributed by atoms with Crippen LogP contribution < -0.4 is 0 Å². The molecule has 0 spiro atoms. The van der Waals surface area contributed by atoms with E-state index in [1.807, 2.05) is 0 Å². The summed E-state index contributed by atoms with van der Waals surface area (Å²) in [6.07, 6.45) is 7.04. The van der Waals surface area contributed by atoms with Gasteiger partial charge in [0.1, 0.15) is 5.60 Å². The molecular formula is C20H42O3Si. The van der Waals surface area contributed by atoms with Gasteiger partial charge >= 0.3 is 0 Å². The molecule has 0 radical (unpaired) electrons. The predicted octanol–water partition coefficient (Wildman–Crippen LogP) is 6.48. The molecule has 0 aromatic rings. The molecule has 0 saturated carbocycles. The van der Waals surface area contributed by atoms with E-state index in [1.165, 1.54) is 25.7 Å². The van der Waals surface area contributed by atoms with Crippen LogP contribution in [0.15, 0.2) is 0 Å². The van der Waals surface area contributed by atoms with Crippen molar-refractivity contribution in [2.45, 2.75) is 116 Å². The van der Waals surface area contributed by atoms with Crippen LogP contribution in [0.2, 0.25) is 18.1 Å². The molecule has 4 heteroatoms. The Kier molecular flexibility index (Phi) is 8.95. The van der Waals surface area contributed by atoms with Gasteiger partial charge in [-0.2, -0.15) is 0 Å². The molecule has 1 aliphatic rings. The van der Waals surface area contributed by atoms with E-state index in [2.05, 4.69) is 48.5 Å². The Balaban J connectivity index is 2.72. The number of hydrogen-bond donors (Lipinski definition) is 0. The fourth-order valence-electron chi connectivity index (χ4n) is 3.70. The molecule has 1 aliphatic heterocycles. The summed E-state index contributed by atoms with van der Waals surface area (Å²) in [6.45, 7) is 16.6. The van der Waals surface area contributed by atoms with Crippen molar-refractivity contribution in [2.75, 3.05) is 6.61 Å². The van der Waals surface area contributed by atoms with E-state index in [4.69, 9.17) is 14.2 Å². The van der Waals surface area contributed by atoms with Gasteiger partial charge in [0.25, 0.3) is 0 Å². The zero-order chi connectivity index (χ0) is 18.3. The molecule has 0 aromatic carbocycles. The lowest BCUT2D eigenvalue weighted by atomic mass is 9.76. The summed E-state index contributed by atoms with van der Waals surface area (Å²) in [4.78, 5) is 6.25. The molecule has 1 rings (SSSR count). The molecule has 0 N–H and O–H groups in total. The summed E-state index contributed by atoms with van der Waals surface area (Å²) in [6, 6.07) is 3.36. The van der Waals surface area contributed by atoms with Gasteiger partial charge in [-0.15, -0.1) is 0 Å². The van der Waals surface area contributed by atoms with Crippen LogP contribution in [0.5, 0.6) is 0 Å². The van der Waals surface area contributed by atoms with Crippen molar-refractivity contribution < 1.29 is 14.2 Å². The van der Waals surface area contributed by atoms with E-state index in [9.17, 15) is 0 Å². The van der Waals surface area contributed by atoms with Gasteiger partial charge in [0.15, 0.2) is 0 Å². The van der Waals surface area contributed by atoms with Gasteiger partial charge in [0.2, 0.25) is 8.32 Å². The van der Waals surface area contributed by atoms with Crippen LogP contribution >= 0.6 is 0 Å². The number of ether oxygens (including phenoxy) is 1. The van der Waals surface area contributed by atoms with Gasteiger partial charge in [-0.3, -0.25) is 4.58 Å². The lowest BCUT2D eigenvalue weighted by Crippen LogP contribution is -2.55. The third-order valence-electron chi connectivity index (χ3n) is 6.34. The number of rotatable bonds is 13. The normalized spacial score (nSPS) is 26.9. The van der Waals surface area contributed by atoms with Crippen LogP contribution in [-0.4, -0.2) is 26.1 Å². The summed E-state index contributed by atoms with van der Waals surface area (Å²) in [5, 5.41) is 0. The first kappa shape index (κ1) is 22.1. The second kappa shape index (κ2) is 9.70. The smallest absolute Gasteiger partial charge is 0.238 e. The van der Waals surface area contributed by atoms with Gasteiger partial charge < -0.3 is 4.74 Å². The SMILES string of the molecule is CCCCCCC(C)(CC1(C)OCC1C)OO[Si](CC)(CC)CC. The summed E-state index contributed by atoms with van der Waals surface area (Å²) >= 11 is 0. The minimum atomic E-state index is -1.73. The highest BCUT2D eigenvalue weighted by Crippen LogP contribution is 2.42. The highest BCUT2D eigenvalue weighted by Gasteiger charge is 2.47. The van der Waals surface area contributed by atoms with E-state index >= 15 is 0 Å². The van der Waals surface area contributed by atoms with E-state index in [0.717, 1.165) is 37.6 Å². The van der Waals surface area contributed by atoms with Gasteiger partial charge in [-0.05, 0) is 38.4 Å². The molecule has 3 unspecified atom stereocenters. The first-order valence-corrected chi connectivity index (χ1v) is 12.8. The molecule has 0 bridgehead atoms. The average molecular weight is 359 g/mol. The fourth-order valence-corrected chi connectivity index (χ4v) is 5.93. The molecule has 1 saturated heterocycles. The van der Waals surface area contributed by atoms with Gasteiger partial charge in [-0.25, -0.2) is 4.89 Å². The maximum Gasteiger partial charge on any atom is 0.238 e. The van der Waals surface area contributed by atoms with E-state index in [-0.39, 0.29) is 11.2 Å². The Morgan fingerprint density at radius 2 is 1.71 bits per heavy atom. The standard InChI is InChI=1S/C20H42O3Si/c1-8-12-13-14-15-19(6,17-20(7)18(5)16-21-20)22-23-24(9-2,10-3)11-4/h18H,8-17H2,1-7H3. The van der Waals surface area contributed by atoms with Crippen molar-refractivity contribution in [3.63, 3.8) is 0 Å². The van der Waals surface area contributed by atoms with Crippen LogP contribution in [0.3, 0.4) is 0 Å². The van der Waals surface area contributed by atoms with Crippen molar-refractivity contribution in [1.29, 1.82) is 0 Å². The summed E-state index contributed by atoms with van der Waals surface area (Å²) in [5.41, 5.74) is -0.299. The Labute approximate surface area is 151 Å². The van der Waals surface area contributed by atoms with Crippen molar-refractivity contribution in [3.8, 4) is 0 Å². The molecule has 24 heavy (non-hydrogen) atoms. The van der Waals surface area contributed by atoms with E-state index in [1.54, 1.807) is 0 Å². The monoisotopic (exact) mass is 358 g/mol. The van der Waals surface area contributed by atoms with Gasteiger partial charge in [0.05, 0.1) is 12.2 Å². The summed E-state index contributed by atoms with van der Waals surface area (Å²) in [5.74, 6) is 0.599. The fraction of sp³-hybridized carbons (Fsp3) is 1.00. The molecule has 3 nitrogen and oxygen atoms in total. The highest BCUT2D eigenvalue weighted by atomic mass is 28.4. The first-order valence-electron chi connectivity index (χ1n) is 10.3. The molecule has 0 amide bonds. The predicted molar refractivity (Wildman–Crippen MR) is 105 cm³/mol. The minimum Gasteiger partial charge on any atom is -0.374 e. The van der Waals surface area contributed by atoms with E-state index < -0.39 is 8.32 Å². The molecule has 0 aliphatic carbocycles.